The Morgan fingerprint density at radius 1 is 0.429 bits per heavy atom. The van der Waals surface area contributed by atoms with E-state index in [2.05, 4.69) is 68.5 Å². The third-order valence-corrected chi connectivity index (χ3v) is 5.60. The van der Waals surface area contributed by atoms with Crippen molar-refractivity contribution in [3.8, 4) is 0 Å². The zero-order valence-corrected chi connectivity index (χ0v) is 23.8. The molecule has 6 aromatic rings. The molecule has 42 heavy (non-hydrogen) atoms. The average molecular weight is 622 g/mol. The maximum Gasteiger partial charge on any atom is 2.00 e. The third-order valence-electron chi connectivity index (χ3n) is 5.60. The number of aromatic nitrogens is 4. The van der Waals surface area contributed by atoms with Crippen LogP contribution in [0.3, 0.4) is 0 Å². The van der Waals surface area contributed by atoms with E-state index < -0.39 is 10.2 Å². The van der Waals surface area contributed by atoms with E-state index in [1.165, 1.54) is 0 Å². The van der Waals surface area contributed by atoms with Gasteiger partial charge in [-0.2, -0.15) is 0 Å². The van der Waals surface area contributed by atoms with Crippen LogP contribution in [0.4, 0.5) is 0 Å². The summed E-state index contributed by atoms with van der Waals surface area (Å²) in [7, 11) is 0. The summed E-state index contributed by atoms with van der Waals surface area (Å²) >= 11 is 0. The van der Waals surface area contributed by atoms with Gasteiger partial charge in [-0.1, -0.05) is 48.5 Å². The zero-order chi connectivity index (χ0) is 29.4. The molecule has 4 aromatic heterocycles. The number of hydrogen-bond donors (Lipinski definition) is 0. The van der Waals surface area contributed by atoms with Crippen LogP contribution < -0.4 is 0 Å². The molecule has 0 unspecified atom stereocenters. The number of hydrogen-bond acceptors (Lipinski definition) is 10. The summed E-state index contributed by atoms with van der Waals surface area (Å²) in [5, 5.41) is 34.1. The van der Waals surface area contributed by atoms with Gasteiger partial charge in [-0.15, -0.1) is 0 Å². The van der Waals surface area contributed by atoms with E-state index in [0.717, 1.165) is 66.4 Å². The van der Waals surface area contributed by atoms with E-state index in [-0.39, 0.29) is 22.5 Å². The zero-order valence-electron chi connectivity index (χ0n) is 22.9. The molecule has 0 bridgehead atoms. The topological polar surface area (TPSA) is 215 Å². The van der Waals surface area contributed by atoms with Gasteiger partial charge in [0.25, 0.3) is 0 Å². The summed E-state index contributed by atoms with van der Waals surface area (Å²) in [4.78, 5) is 34.8. The SMILES string of the molecule is Cc1ccc2ccc3ccc(C)nc3c2n1.Cc1ccc2ccc3ccc(C)nc3c2n1.O.O=[N+]([O-])[O-].O=[N+]([O-])[O-].[Cu+2]. The van der Waals surface area contributed by atoms with Gasteiger partial charge in [0.15, 0.2) is 0 Å². The van der Waals surface area contributed by atoms with E-state index in [1.807, 2.05) is 52.0 Å². The van der Waals surface area contributed by atoms with Crippen molar-refractivity contribution in [3.05, 3.63) is 126 Å². The fourth-order valence-corrected chi connectivity index (χ4v) is 3.93. The predicted molar refractivity (Wildman–Crippen MR) is 157 cm³/mol. The smallest absolute Gasteiger partial charge is 0.412 e. The second-order valence-electron chi connectivity index (χ2n) is 8.68. The van der Waals surface area contributed by atoms with Gasteiger partial charge in [-0.3, -0.25) is 19.9 Å². The van der Waals surface area contributed by atoms with Gasteiger partial charge in [0.2, 0.25) is 0 Å². The fourth-order valence-electron chi connectivity index (χ4n) is 3.93. The first-order valence-corrected chi connectivity index (χ1v) is 11.8. The van der Waals surface area contributed by atoms with Crippen molar-refractivity contribution in [2.75, 3.05) is 0 Å². The van der Waals surface area contributed by atoms with Gasteiger partial charge < -0.3 is 36.1 Å². The van der Waals surface area contributed by atoms with Crippen molar-refractivity contribution in [2.45, 2.75) is 27.7 Å². The summed E-state index contributed by atoms with van der Waals surface area (Å²) in [5.74, 6) is 0. The Balaban J connectivity index is 0.000000324. The van der Waals surface area contributed by atoms with Crippen LogP contribution in [0.2, 0.25) is 0 Å². The van der Waals surface area contributed by atoms with Crippen LogP contribution in [-0.2, 0) is 17.1 Å². The Labute approximate surface area is 249 Å². The van der Waals surface area contributed by atoms with Crippen LogP contribution >= 0.6 is 0 Å². The van der Waals surface area contributed by atoms with Crippen LogP contribution in [-0.4, -0.2) is 35.6 Å². The molecule has 0 aliphatic rings. The summed E-state index contributed by atoms with van der Waals surface area (Å²) in [6, 6.07) is 24.9. The normalized spacial score (nSPS) is 9.62. The van der Waals surface area contributed by atoms with Crippen molar-refractivity contribution in [1.82, 2.24) is 19.9 Å². The molecule has 0 spiro atoms. The maximum absolute atomic E-state index is 8.25. The molecule has 0 saturated carbocycles. The molecule has 0 amide bonds. The Kier molecular flexibility index (Phi) is 13.1. The molecule has 6 rings (SSSR count). The molecular weight excluding hydrogens is 596 g/mol. The van der Waals surface area contributed by atoms with Gasteiger partial charge in [-0.25, -0.2) is 0 Å². The van der Waals surface area contributed by atoms with E-state index >= 15 is 0 Å². The molecule has 0 atom stereocenters. The molecule has 0 saturated heterocycles. The minimum absolute atomic E-state index is 0. The largest absolute Gasteiger partial charge is 2.00 e. The molecule has 0 aliphatic carbocycles. The summed E-state index contributed by atoms with van der Waals surface area (Å²) < 4.78 is 0. The van der Waals surface area contributed by atoms with Gasteiger partial charge >= 0.3 is 17.1 Å². The Bertz CT molecular complexity index is 1590. The van der Waals surface area contributed by atoms with Crippen molar-refractivity contribution in [1.29, 1.82) is 0 Å². The Morgan fingerprint density at radius 3 is 0.738 bits per heavy atom. The van der Waals surface area contributed by atoms with E-state index in [0.29, 0.717) is 0 Å². The molecule has 0 fully saturated rings. The minimum atomic E-state index is -1.75. The van der Waals surface area contributed by atoms with Crippen molar-refractivity contribution < 1.29 is 32.7 Å². The van der Waals surface area contributed by atoms with Gasteiger partial charge in [0, 0.05) is 44.3 Å². The summed E-state index contributed by atoms with van der Waals surface area (Å²) in [6.07, 6.45) is 0. The standard InChI is InChI=1S/2C14H12N2.Cu.2NO3.H2O/c2*1-9-3-5-11-7-8-12-6-4-10(2)16-14(12)13(11)15-9;;2*2-1(3)4;/h2*3-8H,1-2H3;;;;1H2/q;;+2;2*-1;. The molecule has 2 aromatic carbocycles. The first-order valence-electron chi connectivity index (χ1n) is 11.8. The number of pyridine rings is 4. The minimum Gasteiger partial charge on any atom is -0.412 e. The van der Waals surface area contributed by atoms with Crippen LogP contribution in [0.15, 0.2) is 72.8 Å². The monoisotopic (exact) mass is 621 g/mol. The van der Waals surface area contributed by atoms with Crippen LogP contribution in [0.25, 0.3) is 43.6 Å². The van der Waals surface area contributed by atoms with Crippen molar-refractivity contribution >= 4 is 43.6 Å². The predicted octanol–water partition coefficient (Wildman–Crippen LogP) is 5.49. The second kappa shape index (κ2) is 15.7. The number of benzene rings is 2. The molecule has 1 radical (unpaired) electrons. The van der Waals surface area contributed by atoms with Gasteiger partial charge in [0.05, 0.1) is 32.2 Å². The number of fused-ring (bicyclic) bond motifs is 6. The van der Waals surface area contributed by atoms with Crippen LogP contribution in [0.5, 0.6) is 0 Å². The molecule has 221 valence electrons. The Hall–Kier alpha value is -5.04. The maximum atomic E-state index is 8.25. The van der Waals surface area contributed by atoms with Crippen molar-refractivity contribution in [2.24, 2.45) is 0 Å². The molecule has 13 nitrogen and oxygen atoms in total. The number of rotatable bonds is 0. The first kappa shape index (κ1) is 35.0. The Morgan fingerprint density at radius 2 is 0.571 bits per heavy atom. The second-order valence-corrected chi connectivity index (χ2v) is 8.68. The quantitative estimate of drug-likeness (QED) is 0.0898. The number of aryl methyl sites for hydroxylation is 4. The summed E-state index contributed by atoms with van der Waals surface area (Å²) in [6.45, 7) is 8.03. The van der Waals surface area contributed by atoms with E-state index in [9.17, 15) is 0 Å². The van der Waals surface area contributed by atoms with Crippen molar-refractivity contribution in [3.63, 3.8) is 0 Å². The molecule has 4 heterocycles. The van der Waals surface area contributed by atoms with Gasteiger partial charge in [0.1, 0.15) is 0 Å². The third kappa shape index (κ3) is 9.55. The number of nitrogens with zero attached hydrogens (tertiary/aromatic N) is 6. The van der Waals surface area contributed by atoms with Crippen LogP contribution in [0, 0.1) is 58.3 Å². The molecular formula is C28H26CuN6O7. The molecule has 14 heteroatoms. The van der Waals surface area contributed by atoms with Crippen LogP contribution in [0.1, 0.15) is 22.8 Å². The fraction of sp³-hybridized carbons (Fsp3) is 0.143. The molecule has 0 aliphatic heterocycles. The van der Waals surface area contributed by atoms with Gasteiger partial charge in [-0.05, 0) is 52.0 Å². The average Bonchev–Trinajstić information content (AvgIpc) is 2.88. The summed E-state index contributed by atoms with van der Waals surface area (Å²) in [5.41, 5.74) is 8.13. The van der Waals surface area contributed by atoms with E-state index in [4.69, 9.17) is 30.6 Å². The molecule has 2 N–H and O–H groups in total. The van der Waals surface area contributed by atoms with E-state index in [1.54, 1.807) is 0 Å². The first-order chi connectivity index (χ1) is 18.9.